The van der Waals surface area contributed by atoms with Crippen LogP contribution in [0.2, 0.25) is 0 Å². The molecule has 8 nitrogen and oxygen atoms in total. The predicted molar refractivity (Wildman–Crippen MR) is 117 cm³/mol. The molecule has 0 saturated carbocycles. The van der Waals surface area contributed by atoms with Gasteiger partial charge in [-0.3, -0.25) is 28.9 Å². The molecule has 0 spiro atoms. The van der Waals surface area contributed by atoms with Gasteiger partial charge in [0.25, 0.3) is 11.6 Å². The predicted octanol–water partition coefficient (Wildman–Crippen LogP) is 3.33. The van der Waals surface area contributed by atoms with Gasteiger partial charge in [-0.05, 0) is 30.3 Å². The van der Waals surface area contributed by atoms with Crippen molar-refractivity contribution < 1.29 is 14.1 Å². The molecule has 1 fully saturated rings. The fourth-order valence-corrected chi connectivity index (χ4v) is 4.56. The molecule has 1 aromatic heterocycles. The minimum atomic E-state index is -0.573. The summed E-state index contributed by atoms with van der Waals surface area (Å²) in [4.78, 5) is 37.5. The molecule has 0 N–H and O–H groups in total. The molecule has 0 atom stereocenters. The highest BCUT2D eigenvalue weighted by atomic mass is 32.2. The van der Waals surface area contributed by atoms with E-state index in [1.54, 1.807) is 13.1 Å². The maximum Gasteiger partial charge on any atom is 0.328 e. The molecule has 0 radical (unpaired) electrons. The van der Waals surface area contributed by atoms with Crippen molar-refractivity contribution in [2.24, 2.45) is 14.1 Å². The number of aromatic nitrogens is 2. The Balaban J connectivity index is 1.85. The third kappa shape index (κ3) is 3.12. The van der Waals surface area contributed by atoms with E-state index < -0.39 is 16.6 Å². The summed E-state index contributed by atoms with van der Waals surface area (Å²) in [7, 11) is 3.09. The van der Waals surface area contributed by atoms with Crippen LogP contribution in [0.4, 0.5) is 15.8 Å². The summed E-state index contributed by atoms with van der Waals surface area (Å²) in [6.45, 7) is 0. The molecule has 2 aromatic carbocycles. The van der Waals surface area contributed by atoms with Gasteiger partial charge in [0.2, 0.25) is 0 Å². The van der Waals surface area contributed by atoms with Crippen LogP contribution < -0.4 is 10.6 Å². The van der Waals surface area contributed by atoms with Crippen molar-refractivity contribution in [3.05, 3.63) is 73.3 Å². The van der Waals surface area contributed by atoms with E-state index in [4.69, 9.17) is 12.2 Å². The smallest absolute Gasteiger partial charge is 0.295 e. The Morgan fingerprint density at radius 3 is 2.43 bits per heavy atom. The Kier molecular flexibility index (Phi) is 4.79. The van der Waals surface area contributed by atoms with Crippen LogP contribution in [0.5, 0.6) is 0 Å². The minimum Gasteiger partial charge on any atom is -0.295 e. The molecule has 11 heteroatoms. The average Bonchev–Trinajstić information content (AvgIpc) is 3.09. The molecule has 1 aliphatic heterocycles. The maximum absolute atomic E-state index is 13.6. The van der Waals surface area contributed by atoms with Gasteiger partial charge in [-0.25, -0.2) is 9.18 Å². The second kappa shape index (κ2) is 7.18. The van der Waals surface area contributed by atoms with Crippen LogP contribution in [0.25, 0.3) is 17.1 Å². The monoisotopic (exact) mass is 444 g/mol. The summed E-state index contributed by atoms with van der Waals surface area (Å²) in [6.07, 6.45) is 1.37. The van der Waals surface area contributed by atoms with Crippen LogP contribution in [0.15, 0.2) is 46.1 Å². The molecule has 0 aliphatic carbocycles. The van der Waals surface area contributed by atoms with Crippen LogP contribution in [0.3, 0.4) is 0 Å². The number of nitrogens with zero attached hydrogens (tertiary/aromatic N) is 4. The van der Waals surface area contributed by atoms with Crippen molar-refractivity contribution in [3.8, 4) is 0 Å². The van der Waals surface area contributed by atoms with Gasteiger partial charge in [-0.2, -0.15) is 0 Å². The van der Waals surface area contributed by atoms with Crippen LogP contribution in [-0.2, 0) is 18.9 Å². The van der Waals surface area contributed by atoms with Crippen LogP contribution in [0, 0.1) is 15.9 Å². The molecule has 30 heavy (non-hydrogen) atoms. The van der Waals surface area contributed by atoms with Gasteiger partial charge in [0.05, 0.1) is 32.1 Å². The van der Waals surface area contributed by atoms with Crippen molar-refractivity contribution in [3.63, 3.8) is 0 Å². The number of imidazole rings is 1. The van der Waals surface area contributed by atoms with Crippen LogP contribution >= 0.6 is 24.0 Å². The topological polar surface area (TPSA) is 90.4 Å². The molecule has 0 unspecified atom stereocenters. The zero-order chi connectivity index (χ0) is 21.7. The van der Waals surface area contributed by atoms with E-state index in [2.05, 4.69) is 0 Å². The summed E-state index contributed by atoms with van der Waals surface area (Å²) in [5.74, 6) is -1.02. The number of benzene rings is 2. The van der Waals surface area contributed by atoms with Crippen molar-refractivity contribution in [1.82, 2.24) is 9.13 Å². The zero-order valence-corrected chi connectivity index (χ0v) is 17.3. The van der Waals surface area contributed by atoms with E-state index >= 15 is 0 Å². The third-order valence-electron chi connectivity index (χ3n) is 4.76. The number of hydrogen-bond donors (Lipinski definition) is 0. The van der Waals surface area contributed by atoms with Crippen molar-refractivity contribution in [2.45, 2.75) is 0 Å². The average molecular weight is 444 g/mol. The van der Waals surface area contributed by atoms with E-state index in [0.29, 0.717) is 11.0 Å². The number of halogens is 1. The number of amides is 1. The molecular weight excluding hydrogens is 431 g/mol. The van der Waals surface area contributed by atoms with Gasteiger partial charge in [0.15, 0.2) is 4.32 Å². The first-order chi connectivity index (χ1) is 14.2. The SMILES string of the molecule is Cn1c(=O)n(C)c2cc([N+](=O)[O-])c(/C=C3/SC(=S)N(c4cccc(F)c4)C3=O)cc21. The van der Waals surface area contributed by atoms with E-state index in [0.717, 1.165) is 11.8 Å². The highest BCUT2D eigenvalue weighted by molar-refractivity contribution is 8.27. The number of anilines is 1. The molecule has 1 amide bonds. The summed E-state index contributed by atoms with van der Waals surface area (Å²) < 4.78 is 16.4. The lowest BCUT2D eigenvalue weighted by atomic mass is 10.1. The molecule has 4 rings (SSSR count). The normalized spacial score (nSPS) is 15.6. The van der Waals surface area contributed by atoms with Crippen molar-refractivity contribution >= 4 is 62.7 Å². The molecule has 1 saturated heterocycles. The number of thiocarbonyl (C=S) groups is 1. The minimum absolute atomic E-state index is 0.160. The Morgan fingerprint density at radius 2 is 1.80 bits per heavy atom. The molecular formula is C19H13FN4O4S2. The van der Waals surface area contributed by atoms with E-state index in [9.17, 15) is 24.1 Å². The second-order valence-corrected chi connectivity index (χ2v) is 8.23. The first-order valence-corrected chi connectivity index (χ1v) is 9.79. The lowest BCUT2D eigenvalue weighted by Gasteiger charge is -2.14. The number of nitro groups is 1. The maximum atomic E-state index is 13.6. The Bertz CT molecular complexity index is 1360. The number of hydrogen-bond acceptors (Lipinski definition) is 6. The van der Waals surface area contributed by atoms with E-state index in [1.165, 1.54) is 57.5 Å². The highest BCUT2D eigenvalue weighted by Crippen LogP contribution is 2.38. The quantitative estimate of drug-likeness (QED) is 0.266. The second-order valence-electron chi connectivity index (χ2n) is 6.55. The number of fused-ring (bicyclic) bond motifs is 1. The molecule has 0 bridgehead atoms. The number of thioether (sulfide) groups is 1. The van der Waals surface area contributed by atoms with Gasteiger partial charge in [0.1, 0.15) is 5.82 Å². The van der Waals surface area contributed by atoms with E-state index in [1.807, 2.05) is 0 Å². The number of carbonyl (C=O) groups is 1. The Morgan fingerprint density at radius 1 is 1.13 bits per heavy atom. The Labute approximate surface area is 178 Å². The van der Waals surface area contributed by atoms with Crippen molar-refractivity contribution in [1.29, 1.82) is 0 Å². The highest BCUT2D eigenvalue weighted by Gasteiger charge is 2.34. The summed E-state index contributed by atoms with van der Waals surface area (Å²) in [5.41, 5.74) is 0.747. The van der Waals surface area contributed by atoms with Crippen molar-refractivity contribution in [2.75, 3.05) is 4.90 Å². The number of aryl methyl sites for hydroxylation is 2. The van der Waals surface area contributed by atoms with Gasteiger partial charge in [-0.1, -0.05) is 30.0 Å². The molecule has 152 valence electrons. The summed E-state index contributed by atoms with van der Waals surface area (Å²) >= 11 is 6.23. The fraction of sp³-hybridized carbons (Fsp3) is 0.105. The first-order valence-electron chi connectivity index (χ1n) is 8.56. The first kappa shape index (κ1) is 20.0. The van der Waals surface area contributed by atoms with Gasteiger partial charge in [-0.15, -0.1) is 0 Å². The lowest BCUT2D eigenvalue weighted by molar-refractivity contribution is -0.385. The number of rotatable bonds is 3. The summed E-state index contributed by atoms with van der Waals surface area (Å²) in [6, 6.07) is 8.23. The van der Waals surface area contributed by atoms with Gasteiger partial charge < -0.3 is 0 Å². The molecule has 2 heterocycles. The molecule has 3 aromatic rings. The zero-order valence-electron chi connectivity index (χ0n) is 15.7. The fourth-order valence-electron chi connectivity index (χ4n) is 3.27. The van der Waals surface area contributed by atoms with Gasteiger partial charge in [0, 0.05) is 20.2 Å². The standard InChI is InChI=1S/C19H13FN4O4S2/c1-21-14-6-10(13(24(27)28)9-15(14)22(2)18(21)26)7-16-17(25)23(19(29)30-16)12-5-3-4-11(20)8-12/h3-9H,1-2H3/b16-7+. The largest absolute Gasteiger partial charge is 0.328 e. The van der Waals surface area contributed by atoms with Gasteiger partial charge >= 0.3 is 5.69 Å². The lowest BCUT2D eigenvalue weighted by Crippen LogP contribution is -2.27. The van der Waals surface area contributed by atoms with E-state index in [-0.39, 0.29) is 31.9 Å². The summed E-state index contributed by atoms with van der Waals surface area (Å²) in [5, 5.41) is 11.6. The number of carbonyl (C=O) groups excluding carboxylic acids is 1. The van der Waals surface area contributed by atoms with Crippen LogP contribution in [-0.4, -0.2) is 24.3 Å². The molecule has 1 aliphatic rings. The number of nitro benzene ring substituents is 1. The van der Waals surface area contributed by atoms with Crippen LogP contribution in [0.1, 0.15) is 5.56 Å². The Hall–Kier alpha value is -3.31. The third-order valence-corrected chi connectivity index (χ3v) is 6.07.